The molecule has 0 spiro atoms. The molecule has 2 aromatic carbocycles. The fourth-order valence-corrected chi connectivity index (χ4v) is 2.50. The van der Waals surface area contributed by atoms with Crippen LogP contribution in [0.15, 0.2) is 36.4 Å². The van der Waals surface area contributed by atoms with Crippen molar-refractivity contribution < 1.29 is 29.3 Å². The number of esters is 1. The molecule has 158 valence electrons. The molecule has 0 bridgehead atoms. The number of anilines is 2. The summed E-state index contributed by atoms with van der Waals surface area (Å²) in [6.07, 6.45) is 0. The van der Waals surface area contributed by atoms with E-state index in [1.165, 1.54) is 18.2 Å². The lowest BCUT2D eigenvalue weighted by atomic mass is 10.1. The second-order valence-corrected chi connectivity index (χ2v) is 6.09. The van der Waals surface area contributed by atoms with Gasteiger partial charge < -0.3 is 20.5 Å². The number of non-ortho nitro benzene ring substituents is 2. The van der Waals surface area contributed by atoms with Crippen molar-refractivity contribution in [3.63, 3.8) is 0 Å². The number of halogens is 1. The number of hydrogen-bond donors (Lipinski definition) is 3. The molecule has 2 aromatic rings. The molecule has 0 saturated carbocycles. The van der Waals surface area contributed by atoms with E-state index in [0.717, 1.165) is 18.2 Å². The third-order valence-corrected chi connectivity index (χ3v) is 3.95. The van der Waals surface area contributed by atoms with Crippen molar-refractivity contribution in [1.29, 1.82) is 0 Å². The smallest absolute Gasteiger partial charge is 0.341 e. The summed E-state index contributed by atoms with van der Waals surface area (Å²) >= 11 is 5.87. The SMILES string of the molecule is O=C(COC(=O)c1cc([N+](=O)[O-])ccc1NCCO)Nc1ccc([N+](=O)[O-])cc1Cl. The van der Waals surface area contributed by atoms with E-state index in [1.54, 1.807) is 0 Å². The number of benzene rings is 2. The van der Waals surface area contributed by atoms with Crippen molar-refractivity contribution in [3.05, 3.63) is 67.2 Å². The van der Waals surface area contributed by atoms with Crippen LogP contribution in [0.5, 0.6) is 0 Å². The summed E-state index contributed by atoms with van der Waals surface area (Å²) < 4.78 is 4.89. The van der Waals surface area contributed by atoms with Crippen LogP contribution in [-0.4, -0.2) is 46.6 Å². The standard InChI is InChI=1S/C17H15ClN4O8/c18-13-8-11(22(28)29)2-4-15(13)20-16(24)9-30-17(25)12-7-10(21(26)27)1-3-14(12)19-5-6-23/h1-4,7-8,19,23H,5-6,9H2,(H,20,24). The van der Waals surface area contributed by atoms with Crippen molar-refractivity contribution >= 4 is 46.2 Å². The van der Waals surface area contributed by atoms with Crippen molar-refractivity contribution in [2.45, 2.75) is 0 Å². The summed E-state index contributed by atoms with van der Waals surface area (Å²) in [5.41, 5.74) is -0.571. The Morgan fingerprint density at radius 2 is 1.63 bits per heavy atom. The molecule has 0 aromatic heterocycles. The Balaban J connectivity index is 2.07. The molecule has 30 heavy (non-hydrogen) atoms. The molecular weight excluding hydrogens is 424 g/mol. The average molecular weight is 439 g/mol. The largest absolute Gasteiger partial charge is 0.452 e. The fourth-order valence-electron chi connectivity index (χ4n) is 2.27. The normalized spacial score (nSPS) is 10.2. The number of amides is 1. The minimum absolute atomic E-state index is 0.0731. The molecule has 0 unspecified atom stereocenters. The van der Waals surface area contributed by atoms with Gasteiger partial charge in [0.25, 0.3) is 17.3 Å². The predicted molar refractivity (Wildman–Crippen MR) is 106 cm³/mol. The van der Waals surface area contributed by atoms with Crippen molar-refractivity contribution in [2.24, 2.45) is 0 Å². The molecule has 1 amide bonds. The maximum absolute atomic E-state index is 12.3. The molecule has 12 nitrogen and oxygen atoms in total. The van der Waals surface area contributed by atoms with Gasteiger partial charge in [-0.05, 0) is 12.1 Å². The fraction of sp³-hybridized carbons (Fsp3) is 0.176. The second-order valence-electron chi connectivity index (χ2n) is 5.68. The van der Waals surface area contributed by atoms with E-state index in [0.29, 0.717) is 0 Å². The summed E-state index contributed by atoms with van der Waals surface area (Å²) in [4.78, 5) is 44.6. The molecule has 0 fully saturated rings. The quantitative estimate of drug-likeness (QED) is 0.301. The van der Waals surface area contributed by atoms with Crippen LogP contribution in [0.1, 0.15) is 10.4 Å². The van der Waals surface area contributed by atoms with Crippen LogP contribution >= 0.6 is 11.6 Å². The lowest BCUT2D eigenvalue weighted by Gasteiger charge is -2.11. The monoisotopic (exact) mass is 438 g/mol. The van der Waals surface area contributed by atoms with E-state index >= 15 is 0 Å². The van der Waals surface area contributed by atoms with Crippen LogP contribution in [0.2, 0.25) is 5.02 Å². The van der Waals surface area contributed by atoms with E-state index in [1.807, 2.05) is 0 Å². The molecule has 2 rings (SSSR count). The zero-order valence-electron chi connectivity index (χ0n) is 15.2. The summed E-state index contributed by atoms with van der Waals surface area (Å²) in [5, 5.41) is 35.5. The van der Waals surface area contributed by atoms with Crippen LogP contribution in [0.25, 0.3) is 0 Å². The minimum Gasteiger partial charge on any atom is -0.452 e. The van der Waals surface area contributed by atoms with Gasteiger partial charge in [-0.2, -0.15) is 0 Å². The molecule has 13 heteroatoms. The van der Waals surface area contributed by atoms with Crippen LogP contribution in [0.3, 0.4) is 0 Å². The number of aliphatic hydroxyl groups is 1. The van der Waals surface area contributed by atoms with Gasteiger partial charge in [0.2, 0.25) is 0 Å². The number of carbonyl (C=O) groups excluding carboxylic acids is 2. The molecule has 0 aliphatic carbocycles. The van der Waals surface area contributed by atoms with Crippen LogP contribution in [0.4, 0.5) is 22.7 Å². The number of rotatable bonds is 9. The van der Waals surface area contributed by atoms with Gasteiger partial charge in [0.15, 0.2) is 6.61 Å². The maximum Gasteiger partial charge on any atom is 0.341 e. The van der Waals surface area contributed by atoms with Gasteiger partial charge >= 0.3 is 5.97 Å². The van der Waals surface area contributed by atoms with Gasteiger partial charge in [0, 0.05) is 36.5 Å². The zero-order chi connectivity index (χ0) is 22.3. The van der Waals surface area contributed by atoms with Gasteiger partial charge in [-0.1, -0.05) is 11.6 Å². The van der Waals surface area contributed by atoms with E-state index in [4.69, 9.17) is 21.4 Å². The Morgan fingerprint density at radius 3 is 2.20 bits per heavy atom. The first-order valence-electron chi connectivity index (χ1n) is 8.27. The molecule has 0 saturated heterocycles. The van der Waals surface area contributed by atoms with Gasteiger partial charge in [-0.3, -0.25) is 25.0 Å². The molecule has 3 N–H and O–H groups in total. The van der Waals surface area contributed by atoms with E-state index in [2.05, 4.69) is 10.6 Å². The third kappa shape index (κ3) is 5.86. The highest BCUT2D eigenvalue weighted by molar-refractivity contribution is 6.34. The Labute approximate surface area is 173 Å². The van der Waals surface area contributed by atoms with Gasteiger partial charge in [-0.25, -0.2) is 4.79 Å². The van der Waals surface area contributed by atoms with E-state index in [-0.39, 0.29) is 46.5 Å². The van der Waals surface area contributed by atoms with Gasteiger partial charge in [0.1, 0.15) is 0 Å². The molecule has 0 aliphatic heterocycles. The molecule has 0 atom stereocenters. The van der Waals surface area contributed by atoms with Gasteiger partial charge in [-0.15, -0.1) is 0 Å². The molecular formula is C17H15ClN4O8. The number of nitrogens with one attached hydrogen (secondary N) is 2. The predicted octanol–water partition coefficient (Wildman–Crippen LogP) is 2.36. The lowest BCUT2D eigenvalue weighted by molar-refractivity contribution is -0.385. The van der Waals surface area contributed by atoms with Crippen molar-refractivity contribution in [1.82, 2.24) is 0 Å². The Hall–Kier alpha value is -3.77. The first kappa shape index (κ1) is 22.5. The number of nitrogens with zero attached hydrogens (tertiary/aromatic N) is 2. The summed E-state index contributed by atoms with van der Waals surface area (Å²) in [6, 6.07) is 6.83. The number of ether oxygens (including phenoxy) is 1. The number of hydrogen-bond acceptors (Lipinski definition) is 9. The zero-order valence-corrected chi connectivity index (χ0v) is 15.9. The summed E-state index contributed by atoms with van der Waals surface area (Å²) in [6.45, 7) is -0.907. The van der Waals surface area contributed by atoms with E-state index in [9.17, 15) is 29.8 Å². The average Bonchev–Trinajstić information content (AvgIpc) is 2.71. The number of nitro groups is 2. The third-order valence-electron chi connectivity index (χ3n) is 3.63. The summed E-state index contributed by atoms with van der Waals surface area (Å²) in [5.74, 6) is -1.79. The molecule has 0 radical (unpaired) electrons. The lowest BCUT2D eigenvalue weighted by Crippen LogP contribution is -2.22. The first-order valence-corrected chi connectivity index (χ1v) is 8.64. The number of carbonyl (C=O) groups is 2. The number of aliphatic hydroxyl groups excluding tert-OH is 1. The Kier molecular flexibility index (Phi) is 7.61. The van der Waals surface area contributed by atoms with Crippen LogP contribution in [-0.2, 0) is 9.53 Å². The van der Waals surface area contributed by atoms with Crippen LogP contribution in [0, 0.1) is 20.2 Å². The van der Waals surface area contributed by atoms with E-state index < -0.39 is 28.3 Å². The number of nitro benzene ring substituents is 2. The highest BCUT2D eigenvalue weighted by Gasteiger charge is 2.19. The Morgan fingerprint density at radius 1 is 1.03 bits per heavy atom. The van der Waals surface area contributed by atoms with Crippen molar-refractivity contribution in [3.8, 4) is 0 Å². The minimum atomic E-state index is -1.01. The Bertz CT molecular complexity index is 998. The van der Waals surface area contributed by atoms with Gasteiger partial charge in [0.05, 0.1) is 32.7 Å². The van der Waals surface area contributed by atoms with Crippen LogP contribution < -0.4 is 10.6 Å². The highest BCUT2D eigenvalue weighted by Crippen LogP contribution is 2.27. The van der Waals surface area contributed by atoms with Crippen molar-refractivity contribution in [2.75, 3.05) is 30.4 Å². The summed E-state index contributed by atoms with van der Waals surface area (Å²) in [7, 11) is 0. The topological polar surface area (TPSA) is 174 Å². The maximum atomic E-state index is 12.3. The molecule has 0 aliphatic rings. The highest BCUT2D eigenvalue weighted by atomic mass is 35.5. The first-order chi connectivity index (χ1) is 14.2. The second kappa shape index (κ2) is 10.1. The molecule has 0 heterocycles.